The predicted molar refractivity (Wildman–Crippen MR) is 157 cm³/mol. The van der Waals surface area contributed by atoms with Crippen molar-refractivity contribution in [1.29, 1.82) is 0 Å². The Morgan fingerprint density at radius 3 is 2.15 bits per heavy atom. The fourth-order valence-corrected chi connectivity index (χ4v) is 5.24. The van der Waals surface area contributed by atoms with Crippen LogP contribution in [0.2, 0.25) is 18.1 Å². The number of esters is 1. The van der Waals surface area contributed by atoms with Gasteiger partial charge < -0.3 is 24.4 Å². The lowest BCUT2D eigenvalue weighted by molar-refractivity contribution is -0.160. The molecule has 0 bridgehead atoms. The zero-order valence-electron chi connectivity index (χ0n) is 24.4. The number of fused-ring (bicyclic) bond motifs is 1. The molecule has 0 amide bonds. The first kappa shape index (κ1) is 31.1. The van der Waals surface area contributed by atoms with Crippen LogP contribution in [0.3, 0.4) is 0 Å². The predicted octanol–water partition coefficient (Wildman–Crippen LogP) is 5.49. The molecule has 1 heterocycles. The van der Waals surface area contributed by atoms with Crippen molar-refractivity contribution in [2.24, 2.45) is 0 Å². The summed E-state index contributed by atoms with van der Waals surface area (Å²) < 4.78 is 12.8. The number of ether oxygens (including phenoxy) is 1. The van der Waals surface area contributed by atoms with Crippen molar-refractivity contribution in [2.75, 3.05) is 0 Å². The van der Waals surface area contributed by atoms with Gasteiger partial charge in [-0.2, -0.15) is 0 Å². The van der Waals surface area contributed by atoms with E-state index in [-0.39, 0.29) is 34.0 Å². The zero-order valence-corrected chi connectivity index (χ0v) is 25.4. The molecule has 0 fully saturated rings. The summed E-state index contributed by atoms with van der Waals surface area (Å²) in [5.41, 5.74) is 0.651. The van der Waals surface area contributed by atoms with Gasteiger partial charge in [0, 0.05) is 18.0 Å². The van der Waals surface area contributed by atoms with E-state index >= 15 is 0 Å². The number of carbonyl (C=O) groups is 2. The lowest BCUT2D eigenvalue weighted by Crippen LogP contribution is -2.50. The fourth-order valence-electron chi connectivity index (χ4n) is 3.98. The van der Waals surface area contributed by atoms with E-state index in [2.05, 4.69) is 44.2 Å². The van der Waals surface area contributed by atoms with Gasteiger partial charge in [-0.1, -0.05) is 39.0 Å². The molecule has 3 aromatic rings. The third kappa shape index (κ3) is 7.38. The van der Waals surface area contributed by atoms with Crippen molar-refractivity contribution in [3.63, 3.8) is 0 Å². The van der Waals surface area contributed by atoms with Crippen molar-refractivity contribution in [3.05, 3.63) is 75.6 Å². The molecule has 0 spiro atoms. The van der Waals surface area contributed by atoms with Gasteiger partial charge in [-0.15, -0.1) is 0 Å². The van der Waals surface area contributed by atoms with E-state index in [9.17, 15) is 24.6 Å². The number of aromatic hydroxyl groups is 1. The van der Waals surface area contributed by atoms with E-state index in [0.717, 1.165) is 5.56 Å². The molecule has 0 aliphatic carbocycles. The molecule has 216 valence electrons. The fraction of sp³-hybridized carbons (Fsp3) is 0.433. The number of phenolic OH excluding ortho intramolecular Hbond substituents is 1. The van der Waals surface area contributed by atoms with Gasteiger partial charge in [-0.25, -0.2) is 4.79 Å². The number of aromatic nitrogens is 1. The SMILES string of the molecule is CC(C)(C)OC(=O)[C@H](NCc1ccc(C(=O)O)cc1)[C@H](O[Si](C)(C)C(C)(C)C)c1ccc(O)c2[nH]c(=O)ccc12. The number of hydrogen-bond acceptors (Lipinski definition) is 7. The normalized spacial score (nSPS) is 14.1. The van der Waals surface area contributed by atoms with Crippen LogP contribution in [-0.4, -0.2) is 47.1 Å². The lowest BCUT2D eigenvalue weighted by Gasteiger charge is -2.42. The van der Waals surface area contributed by atoms with E-state index in [1.807, 2.05) is 0 Å². The third-order valence-electron chi connectivity index (χ3n) is 7.13. The molecule has 0 saturated heterocycles. The van der Waals surface area contributed by atoms with Crippen LogP contribution in [0.15, 0.2) is 53.3 Å². The molecule has 3 rings (SSSR count). The minimum atomic E-state index is -2.51. The highest BCUT2D eigenvalue weighted by Gasteiger charge is 2.44. The summed E-state index contributed by atoms with van der Waals surface area (Å²) in [5.74, 6) is -1.64. The van der Waals surface area contributed by atoms with E-state index in [1.54, 1.807) is 45.0 Å². The summed E-state index contributed by atoms with van der Waals surface area (Å²) in [6.45, 7) is 16.1. The Morgan fingerprint density at radius 1 is 0.975 bits per heavy atom. The maximum absolute atomic E-state index is 13.8. The van der Waals surface area contributed by atoms with E-state index in [1.165, 1.54) is 24.3 Å². The van der Waals surface area contributed by atoms with Crippen LogP contribution in [0, 0.1) is 0 Å². The molecule has 40 heavy (non-hydrogen) atoms. The Bertz CT molecular complexity index is 1430. The van der Waals surface area contributed by atoms with Gasteiger partial charge in [0.05, 0.1) is 17.2 Å². The van der Waals surface area contributed by atoms with Gasteiger partial charge >= 0.3 is 11.9 Å². The number of carbonyl (C=O) groups excluding carboxylic acids is 1. The molecule has 9 nitrogen and oxygen atoms in total. The number of carboxylic acids is 1. The maximum atomic E-state index is 13.8. The second-order valence-corrected chi connectivity index (χ2v) is 17.2. The Morgan fingerprint density at radius 2 is 1.60 bits per heavy atom. The van der Waals surface area contributed by atoms with Crippen LogP contribution in [0.5, 0.6) is 5.75 Å². The van der Waals surface area contributed by atoms with Crippen LogP contribution in [0.4, 0.5) is 0 Å². The number of carboxylic acid groups (broad SMARTS) is 1. The minimum absolute atomic E-state index is 0.0946. The standard InChI is InChI=1S/C30H40N2O7Si/c1-29(2,3)38-28(37)25(31-17-18-9-11-19(12-10-18)27(35)36)26(39-40(7,8)30(4,5)6)21-13-15-22(33)24-20(21)14-16-23(34)32-24/h9-16,25-26,31,33H,17H2,1-8H3,(H,32,34)(H,35,36)/t25-,26-/m1/s1. The second-order valence-electron chi connectivity index (χ2n) is 12.5. The smallest absolute Gasteiger partial charge is 0.335 e. The van der Waals surface area contributed by atoms with E-state index in [4.69, 9.17) is 9.16 Å². The molecule has 0 aliphatic rings. The lowest BCUT2D eigenvalue weighted by atomic mass is 9.97. The van der Waals surface area contributed by atoms with Crippen LogP contribution in [0.25, 0.3) is 10.9 Å². The number of nitrogens with one attached hydrogen (secondary N) is 2. The highest BCUT2D eigenvalue weighted by molar-refractivity contribution is 6.74. The summed E-state index contributed by atoms with van der Waals surface area (Å²) in [7, 11) is -2.51. The van der Waals surface area contributed by atoms with Gasteiger partial charge in [-0.05, 0) is 74.3 Å². The van der Waals surface area contributed by atoms with Gasteiger partial charge in [0.1, 0.15) is 17.4 Å². The van der Waals surface area contributed by atoms with Gasteiger partial charge in [0.15, 0.2) is 8.32 Å². The number of phenols is 1. The average Bonchev–Trinajstić information content (AvgIpc) is 2.82. The summed E-state index contributed by atoms with van der Waals surface area (Å²) in [5, 5.41) is 23.4. The zero-order chi connectivity index (χ0) is 30.0. The van der Waals surface area contributed by atoms with Crippen molar-refractivity contribution in [2.45, 2.75) is 84.0 Å². The van der Waals surface area contributed by atoms with Crippen LogP contribution >= 0.6 is 0 Å². The summed E-state index contributed by atoms with van der Waals surface area (Å²) in [6.07, 6.45) is -0.844. The summed E-state index contributed by atoms with van der Waals surface area (Å²) in [4.78, 5) is 39.9. The van der Waals surface area contributed by atoms with E-state index < -0.39 is 38.0 Å². The number of aromatic amines is 1. The average molecular weight is 569 g/mol. The minimum Gasteiger partial charge on any atom is -0.506 e. The number of pyridine rings is 1. The third-order valence-corrected chi connectivity index (χ3v) is 11.6. The number of hydrogen-bond donors (Lipinski definition) is 4. The number of H-pyrrole nitrogens is 1. The Kier molecular flexibility index (Phi) is 8.98. The summed E-state index contributed by atoms with van der Waals surface area (Å²) in [6, 6.07) is 11.6. The molecule has 2 atom stereocenters. The topological polar surface area (TPSA) is 138 Å². The first-order valence-electron chi connectivity index (χ1n) is 13.2. The molecule has 0 radical (unpaired) electrons. The number of benzene rings is 2. The molecule has 1 aromatic heterocycles. The number of rotatable bonds is 9. The van der Waals surface area contributed by atoms with Crippen molar-refractivity contribution < 1.29 is 29.0 Å². The molecular weight excluding hydrogens is 528 g/mol. The van der Waals surface area contributed by atoms with Crippen LogP contribution in [-0.2, 0) is 20.5 Å². The molecular formula is C30H40N2O7Si. The Hall–Kier alpha value is -3.47. The van der Waals surface area contributed by atoms with Crippen LogP contribution < -0.4 is 10.9 Å². The molecule has 2 aromatic carbocycles. The number of aromatic carboxylic acids is 1. The first-order valence-corrected chi connectivity index (χ1v) is 16.1. The van der Waals surface area contributed by atoms with Gasteiger partial charge in [0.25, 0.3) is 0 Å². The van der Waals surface area contributed by atoms with E-state index in [0.29, 0.717) is 10.9 Å². The van der Waals surface area contributed by atoms with Crippen LogP contribution in [0.1, 0.15) is 69.1 Å². The summed E-state index contributed by atoms with van der Waals surface area (Å²) >= 11 is 0. The van der Waals surface area contributed by atoms with Gasteiger partial charge in [-0.3, -0.25) is 14.9 Å². The molecule has 0 saturated carbocycles. The molecule has 0 unspecified atom stereocenters. The largest absolute Gasteiger partial charge is 0.506 e. The highest BCUT2D eigenvalue weighted by Crippen LogP contribution is 2.42. The second kappa shape index (κ2) is 11.6. The van der Waals surface area contributed by atoms with Gasteiger partial charge in [0.2, 0.25) is 5.56 Å². The first-order chi connectivity index (χ1) is 18.4. The Balaban J connectivity index is 2.17. The highest BCUT2D eigenvalue weighted by atomic mass is 28.4. The Labute approximate surface area is 235 Å². The molecule has 10 heteroatoms. The quantitative estimate of drug-likeness (QED) is 0.196. The molecule has 0 aliphatic heterocycles. The van der Waals surface area contributed by atoms with Crippen molar-refractivity contribution in [1.82, 2.24) is 10.3 Å². The molecule has 4 N–H and O–H groups in total. The monoisotopic (exact) mass is 568 g/mol. The van der Waals surface area contributed by atoms with Crippen molar-refractivity contribution >= 4 is 31.2 Å². The van der Waals surface area contributed by atoms with Crippen molar-refractivity contribution in [3.8, 4) is 5.75 Å². The maximum Gasteiger partial charge on any atom is 0.335 e.